The summed E-state index contributed by atoms with van der Waals surface area (Å²) in [4.78, 5) is 0. The molecule has 4 heteroatoms. The fourth-order valence-electron chi connectivity index (χ4n) is 1.39. The fraction of sp³-hybridized carbons (Fsp3) is 0.455. The SMILES string of the molecule is CNCCC(O)C(O)c1ccccc1O. The molecule has 0 aliphatic rings. The molecule has 0 aliphatic heterocycles. The Balaban J connectivity index is 2.67. The number of aliphatic hydroxyl groups is 2. The molecule has 0 aliphatic carbocycles. The zero-order chi connectivity index (χ0) is 11.3. The summed E-state index contributed by atoms with van der Waals surface area (Å²) >= 11 is 0. The number of nitrogens with one attached hydrogen (secondary N) is 1. The average molecular weight is 211 g/mol. The predicted molar refractivity (Wildman–Crippen MR) is 57.6 cm³/mol. The number of hydrogen-bond acceptors (Lipinski definition) is 4. The van der Waals surface area contributed by atoms with Gasteiger partial charge in [-0.05, 0) is 26.1 Å². The van der Waals surface area contributed by atoms with Crippen molar-refractivity contribution in [2.75, 3.05) is 13.6 Å². The third-order valence-electron chi connectivity index (χ3n) is 2.31. The van der Waals surface area contributed by atoms with Crippen molar-refractivity contribution in [3.63, 3.8) is 0 Å². The Bertz CT molecular complexity index is 304. The molecular formula is C11H17NO3. The predicted octanol–water partition coefficient (Wildman–Crippen LogP) is 0.396. The topological polar surface area (TPSA) is 72.7 Å². The minimum Gasteiger partial charge on any atom is -0.508 e. The van der Waals surface area contributed by atoms with E-state index >= 15 is 0 Å². The van der Waals surface area contributed by atoms with Crippen LogP contribution in [-0.2, 0) is 0 Å². The van der Waals surface area contributed by atoms with Crippen LogP contribution in [0.25, 0.3) is 0 Å². The first kappa shape index (κ1) is 12.0. The van der Waals surface area contributed by atoms with Gasteiger partial charge in [-0.2, -0.15) is 0 Å². The highest BCUT2D eigenvalue weighted by molar-refractivity contribution is 5.34. The van der Waals surface area contributed by atoms with Crippen LogP contribution in [0.1, 0.15) is 18.1 Å². The number of aromatic hydroxyl groups is 1. The van der Waals surface area contributed by atoms with Crippen molar-refractivity contribution < 1.29 is 15.3 Å². The second-order valence-electron chi connectivity index (χ2n) is 3.46. The normalized spacial score (nSPS) is 14.9. The summed E-state index contributed by atoms with van der Waals surface area (Å²) in [6.07, 6.45) is -1.48. The highest BCUT2D eigenvalue weighted by Gasteiger charge is 2.20. The fourth-order valence-corrected chi connectivity index (χ4v) is 1.39. The molecule has 0 fully saturated rings. The van der Waals surface area contributed by atoms with Crippen molar-refractivity contribution in [2.45, 2.75) is 18.6 Å². The van der Waals surface area contributed by atoms with Gasteiger partial charge in [-0.1, -0.05) is 18.2 Å². The van der Waals surface area contributed by atoms with Gasteiger partial charge < -0.3 is 20.6 Å². The highest BCUT2D eigenvalue weighted by atomic mass is 16.3. The summed E-state index contributed by atoms with van der Waals surface area (Å²) in [5, 5.41) is 31.7. The van der Waals surface area contributed by atoms with E-state index < -0.39 is 12.2 Å². The molecule has 4 N–H and O–H groups in total. The van der Waals surface area contributed by atoms with Gasteiger partial charge in [0.25, 0.3) is 0 Å². The Morgan fingerprint density at radius 3 is 2.53 bits per heavy atom. The van der Waals surface area contributed by atoms with Gasteiger partial charge in [-0.3, -0.25) is 0 Å². The van der Waals surface area contributed by atoms with Crippen LogP contribution in [0.15, 0.2) is 24.3 Å². The summed E-state index contributed by atoms with van der Waals surface area (Å²) in [5.74, 6) is 0.00788. The molecule has 0 spiro atoms. The number of benzene rings is 1. The van der Waals surface area contributed by atoms with Crippen LogP contribution in [0, 0.1) is 0 Å². The molecule has 1 aromatic rings. The number of aliphatic hydroxyl groups excluding tert-OH is 2. The van der Waals surface area contributed by atoms with Crippen molar-refractivity contribution >= 4 is 0 Å². The van der Waals surface area contributed by atoms with Crippen LogP contribution in [-0.4, -0.2) is 35.0 Å². The lowest BCUT2D eigenvalue weighted by molar-refractivity contribution is 0.0127. The molecule has 0 heterocycles. The standard InChI is InChI=1S/C11H17NO3/c1-12-7-6-10(14)11(15)8-4-2-3-5-9(8)13/h2-5,10-15H,6-7H2,1H3. The van der Waals surface area contributed by atoms with E-state index in [4.69, 9.17) is 0 Å². The maximum absolute atomic E-state index is 9.76. The van der Waals surface area contributed by atoms with Gasteiger partial charge in [0.15, 0.2) is 0 Å². The molecule has 0 bridgehead atoms. The van der Waals surface area contributed by atoms with E-state index in [1.54, 1.807) is 25.2 Å². The van der Waals surface area contributed by atoms with Crippen molar-refractivity contribution in [1.82, 2.24) is 5.32 Å². The molecule has 1 rings (SSSR count). The first-order valence-electron chi connectivity index (χ1n) is 4.95. The van der Waals surface area contributed by atoms with Crippen molar-refractivity contribution in [1.29, 1.82) is 0 Å². The van der Waals surface area contributed by atoms with E-state index in [1.807, 2.05) is 0 Å². The molecule has 15 heavy (non-hydrogen) atoms. The summed E-state index contributed by atoms with van der Waals surface area (Å²) < 4.78 is 0. The molecule has 0 amide bonds. The van der Waals surface area contributed by atoms with Gasteiger partial charge >= 0.3 is 0 Å². The lowest BCUT2D eigenvalue weighted by atomic mass is 10.0. The second-order valence-corrected chi connectivity index (χ2v) is 3.46. The van der Waals surface area contributed by atoms with E-state index in [0.29, 0.717) is 18.5 Å². The van der Waals surface area contributed by atoms with Gasteiger partial charge in [0, 0.05) is 5.56 Å². The number of hydrogen-bond donors (Lipinski definition) is 4. The number of phenols is 1. The highest BCUT2D eigenvalue weighted by Crippen LogP contribution is 2.26. The molecule has 2 atom stereocenters. The smallest absolute Gasteiger partial charge is 0.121 e. The average Bonchev–Trinajstić information content (AvgIpc) is 2.25. The zero-order valence-electron chi connectivity index (χ0n) is 8.72. The van der Waals surface area contributed by atoms with Gasteiger partial charge in [0.05, 0.1) is 6.10 Å². The summed E-state index contributed by atoms with van der Waals surface area (Å²) in [5.41, 5.74) is 0.362. The summed E-state index contributed by atoms with van der Waals surface area (Å²) in [6.45, 7) is 0.617. The largest absolute Gasteiger partial charge is 0.508 e. The van der Waals surface area contributed by atoms with Crippen LogP contribution in [0.4, 0.5) is 0 Å². The van der Waals surface area contributed by atoms with Crippen LogP contribution < -0.4 is 5.32 Å². The molecule has 0 saturated carbocycles. The zero-order valence-corrected chi connectivity index (χ0v) is 8.72. The molecule has 2 unspecified atom stereocenters. The molecule has 0 aromatic heterocycles. The second kappa shape index (κ2) is 5.70. The summed E-state index contributed by atoms with van der Waals surface area (Å²) in [7, 11) is 1.78. The minimum absolute atomic E-state index is 0.00788. The van der Waals surface area contributed by atoms with Gasteiger partial charge in [0.2, 0.25) is 0 Å². The van der Waals surface area contributed by atoms with E-state index in [2.05, 4.69) is 5.32 Å². The van der Waals surface area contributed by atoms with Gasteiger partial charge in [-0.15, -0.1) is 0 Å². The molecule has 84 valence electrons. The van der Waals surface area contributed by atoms with Gasteiger partial charge in [0.1, 0.15) is 11.9 Å². The molecule has 1 aromatic carbocycles. The van der Waals surface area contributed by atoms with Crippen molar-refractivity contribution in [3.05, 3.63) is 29.8 Å². The first-order chi connectivity index (χ1) is 7.16. The molecular weight excluding hydrogens is 194 g/mol. The molecule has 0 saturated heterocycles. The summed E-state index contributed by atoms with van der Waals surface area (Å²) in [6, 6.07) is 6.47. The Kier molecular flexibility index (Phi) is 4.55. The number of phenolic OH excluding ortho intramolecular Hbond substituents is 1. The van der Waals surface area contributed by atoms with E-state index in [0.717, 1.165) is 0 Å². The first-order valence-corrected chi connectivity index (χ1v) is 4.95. The maximum atomic E-state index is 9.76. The Morgan fingerprint density at radius 1 is 1.27 bits per heavy atom. The third-order valence-corrected chi connectivity index (χ3v) is 2.31. The number of rotatable bonds is 5. The van der Waals surface area contributed by atoms with Crippen LogP contribution >= 0.6 is 0 Å². The maximum Gasteiger partial charge on any atom is 0.121 e. The van der Waals surface area contributed by atoms with E-state index in [9.17, 15) is 15.3 Å². The lowest BCUT2D eigenvalue weighted by Gasteiger charge is -2.18. The van der Waals surface area contributed by atoms with E-state index in [1.165, 1.54) is 6.07 Å². The Morgan fingerprint density at radius 2 is 1.93 bits per heavy atom. The monoisotopic (exact) mass is 211 g/mol. The van der Waals surface area contributed by atoms with Crippen LogP contribution in [0.5, 0.6) is 5.75 Å². The minimum atomic E-state index is -1.04. The van der Waals surface area contributed by atoms with Crippen molar-refractivity contribution in [3.8, 4) is 5.75 Å². The van der Waals surface area contributed by atoms with Crippen LogP contribution in [0.2, 0.25) is 0 Å². The molecule has 0 radical (unpaired) electrons. The van der Waals surface area contributed by atoms with Crippen molar-refractivity contribution in [2.24, 2.45) is 0 Å². The lowest BCUT2D eigenvalue weighted by Crippen LogP contribution is -2.23. The van der Waals surface area contributed by atoms with Gasteiger partial charge in [-0.25, -0.2) is 0 Å². The Hall–Kier alpha value is -1.10. The molecule has 4 nitrogen and oxygen atoms in total. The van der Waals surface area contributed by atoms with E-state index in [-0.39, 0.29) is 5.75 Å². The third kappa shape index (κ3) is 3.20. The Labute approximate surface area is 89.2 Å². The quantitative estimate of drug-likeness (QED) is 0.568. The number of para-hydroxylation sites is 1. The van der Waals surface area contributed by atoms with Crippen LogP contribution in [0.3, 0.4) is 0 Å².